The molecule has 0 radical (unpaired) electrons. The molecule has 2 N–H and O–H groups in total. The van der Waals surface area contributed by atoms with Crippen molar-refractivity contribution in [3.8, 4) is 0 Å². The highest BCUT2D eigenvalue weighted by atomic mass is 16.3. The molecule has 1 aromatic rings. The fourth-order valence-corrected chi connectivity index (χ4v) is 2.98. The van der Waals surface area contributed by atoms with Crippen molar-refractivity contribution in [3.63, 3.8) is 0 Å². The molecule has 4 heteroatoms. The lowest BCUT2D eigenvalue weighted by Gasteiger charge is -2.37. The molecule has 0 unspecified atom stereocenters. The summed E-state index contributed by atoms with van der Waals surface area (Å²) < 4.78 is 0. The van der Waals surface area contributed by atoms with Crippen LogP contribution in [0.5, 0.6) is 0 Å². The molecule has 21 heavy (non-hydrogen) atoms. The van der Waals surface area contributed by atoms with Crippen LogP contribution in [-0.4, -0.2) is 41.7 Å². The number of benzene rings is 1. The van der Waals surface area contributed by atoms with Crippen molar-refractivity contribution in [2.75, 3.05) is 25.5 Å². The van der Waals surface area contributed by atoms with E-state index in [2.05, 4.69) is 12.2 Å². The normalized spacial score (nSPS) is 25.8. The Morgan fingerprint density at radius 2 is 1.95 bits per heavy atom. The first-order valence-corrected chi connectivity index (χ1v) is 7.73. The van der Waals surface area contributed by atoms with Crippen LogP contribution in [0.3, 0.4) is 0 Å². The van der Waals surface area contributed by atoms with Crippen LogP contribution in [0.25, 0.3) is 0 Å². The summed E-state index contributed by atoms with van der Waals surface area (Å²) in [5.41, 5.74) is 0.176. The summed E-state index contributed by atoms with van der Waals surface area (Å²) >= 11 is 0. The molecule has 0 aromatic heterocycles. The number of rotatable bonds is 5. The molecule has 0 heterocycles. The maximum absolute atomic E-state index is 12.0. The van der Waals surface area contributed by atoms with E-state index < -0.39 is 5.60 Å². The van der Waals surface area contributed by atoms with E-state index >= 15 is 0 Å². The van der Waals surface area contributed by atoms with Crippen LogP contribution in [-0.2, 0) is 4.79 Å². The highest BCUT2D eigenvalue weighted by Gasteiger charge is 2.33. The first kappa shape index (κ1) is 16.0. The van der Waals surface area contributed by atoms with Crippen molar-refractivity contribution < 1.29 is 9.90 Å². The minimum Gasteiger partial charge on any atom is -0.389 e. The molecule has 1 fully saturated rings. The van der Waals surface area contributed by atoms with Crippen molar-refractivity contribution in [3.05, 3.63) is 30.3 Å². The quantitative estimate of drug-likeness (QED) is 0.876. The van der Waals surface area contributed by atoms with Gasteiger partial charge in [-0.3, -0.25) is 9.69 Å². The molecule has 2 rings (SSSR count). The molecule has 4 nitrogen and oxygen atoms in total. The van der Waals surface area contributed by atoms with E-state index in [1.165, 1.54) is 0 Å². The summed E-state index contributed by atoms with van der Waals surface area (Å²) in [5.74, 6) is 0.661. The van der Waals surface area contributed by atoms with Crippen LogP contribution in [0.15, 0.2) is 30.3 Å². The molecule has 0 atom stereocenters. The zero-order valence-corrected chi connectivity index (χ0v) is 13.0. The van der Waals surface area contributed by atoms with Gasteiger partial charge in [-0.1, -0.05) is 25.1 Å². The first-order chi connectivity index (χ1) is 9.97. The van der Waals surface area contributed by atoms with Gasteiger partial charge in [0, 0.05) is 12.2 Å². The first-order valence-electron chi connectivity index (χ1n) is 7.73. The standard InChI is InChI=1S/C17H26N2O2/c1-14-8-10-17(21,11-9-14)13-19(2)12-16(20)18-15-6-4-3-5-7-15/h3-7,14,21H,8-13H2,1-2H3,(H,18,20). The average molecular weight is 290 g/mol. The Kier molecular flexibility index (Phi) is 5.37. The number of anilines is 1. The number of nitrogens with zero attached hydrogens (tertiary/aromatic N) is 1. The van der Waals surface area contributed by atoms with Crippen LogP contribution in [0.2, 0.25) is 0 Å². The van der Waals surface area contributed by atoms with Gasteiger partial charge in [-0.05, 0) is 50.8 Å². The molecule has 0 aliphatic heterocycles. The summed E-state index contributed by atoms with van der Waals surface area (Å²) in [6, 6.07) is 9.44. The monoisotopic (exact) mass is 290 g/mol. The van der Waals surface area contributed by atoms with Gasteiger partial charge in [0.15, 0.2) is 0 Å². The van der Waals surface area contributed by atoms with Gasteiger partial charge in [-0.2, -0.15) is 0 Å². The number of amides is 1. The Balaban J connectivity index is 1.78. The van der Waals surface area contributed by atoms with Crippen LogP contribution >= 0.6 is 0 Å². The zero-order chi connectivity index (χ0) is 15.3. The number of hydrogen-bond donors (Lipinski definition) is 2. The lowest BCUT2D eigenvalue weighted by molar-refractivity contribution is -0.118. The van der Waals surface area contributed by atoms with Gasteiger partial charge in [0.25, 0.3) is 0 Å². The molecular weight excluding hydrogens is 264 g/mol. The second kappa shape index (κ2) is 7.05. The maximum atomic E-state index is 12.0. The van der Waals surface area contributed by atoms with Crippen molar-refractivity contribution in [1.82, 2.24) is 4.90 Å². The molecule has 116 valence electrons. The van der Waals surface area contributed by atoms with E-state index in [1.54, 1.807) is 0 Å². The average Bonchev–Trinajstić information content (AvgIpc) is 2.43. The Labute approximate surface area is 127 Å². The molecule has 1 aromatic carbocycles. The van der Waals surface area contributed by atoms with Gasteiger partial charge in [-0.15, -0.1) is 0 Å². The minimum absolute atomic E-state index is 0.0449. The Hall–Kier alpha value is -1.39. The molecule has 1 aliphatic rings. The lowest BCUT2D eigenvalue weighted by Crippen LogP contribution is -2.46. The second-order valence-electron chi connectivity index (χ2n) is 6.49. The Bertz CT molecular complexity index is 453. The molecular formula is C17H26N2O2. The van der Waals surface area contributed by atoms with Crippen LogP contribution in [0.1, 0.15) is 32.6 Å². The maximum Gasteiger partial charge on any atom is 0.238 e. The Morgan fingerprint density at radius 1 is 1.33 bits per heavy atom. The van der Waals surface area contributed by atoms with Gasteiger partial charge in [0.05, 0.1) is 12.1 Å². The fourth-order valence-electron chi connectivity index (χ4n) is 2.98. The van der Waals surface area contributed by atoms with E-state index in [0.29, 0.717) is 19.0 Å². The van der Waals surface area contributed by atoms with Gasteiger partial charge in [-0.25, -0.2) is 0 Å². The molecule has 1 aliphatic carbocycles. The molecule has 0 spiro atoms. The number of para-hydroxylation sites is 1. The third-order valence-corrected chi connectivity index (χ3v) is 4.24. The third kappa shape index (κ3) is 5.14. The largest absolute Gasteiger partial charge is 0.389 e. The number of carbonyl (C=O) groups excluding carboxylic acids is 1. The van der Waals surface area contributed by atoms with E-state index in [0.717, 1.165) is 31.4 Å². The summed E-state index contributed by atoms with van der Waals surface area (Å²) in [7, 11) is 1.89. The summed E-state index contributed by atoms with van der Waals surface area (Å²) in [6.45, 7) is 3.09. The van der Waals surface area contributed by atoms with E-state index in [4.69, 9.17) is 0 Å². The van der Waals surface area contributed by atoms with Crippen LogP contribution in [0, 0.1) is 5.92 Å². The lowest BCUT2D eigenvalue weighted by atomic mass is 9.79. The topological polar surface area (TPSA) is 52.6 Å². The number of carbonyl (C=O) groups is 1. The predicted molar refractivity (Wildman–Crippen MR) is 85.2 cm³/mol. The fraction of sp³-hybridized carbons (Fsp3) is 0.588. The van der Waals surface area contributed by atoms with Gasteiger partial charge < -0.3 is 10.4 Å². The van der Waals surface area contributed by atoms with E-state index in [-0.39, 0.29) is 5.91 Å². The van der Waals surface area contributed by atoms with Crippen molar-refractivity contribution in [2.45, 2.75) is 38.2 Å². The number of aliphatic hydroxyl groups is 1. The SMILES string of the molecule is CC1CCC(O)(CN(C)CC(=O)Nc2ccccc2)CC1. The molecule has 0 saturated heterocycles. The third-order valence-electron chi connectivity index (χ3n) is 4.24. The van der Waals surface area contributed by atoms with E-state index in [9.17, 15) is 9.90 Å². The smallest absolute Gasteiger partial charge is 0.238 e. The van der Waals surface area contributed by atoms with Crippen LogP contribution < -0.4 is 5.32 Å². The van der Waals surface area contributed by atoms with Crippen molar-refractivity contribution in [2.24, 2.45) is 5.92 Å². The van der Waals surface area contributed by atoms with Crippen LogP contribution in [0.4, 0.5) is 5.69 Å². The highest BCUT2D eigenvalue weighted by molar-refractivity contribution is 5.92. The van der Waals surface area contributed by atoms with E-state index in [1.807, 2.05) is 42.3 Å². The van der Waals surface area contributed by atoms with Gasteiger partial charge >= 0.3 is 0 Å². The summed E-state index contributed by atoms with van der Waals surface area (Å²) in [6.07, 6.45) is 3.80. The van der Waals surface area contributed by atoms with Crippen molar-refractivity contribution >= 4 is 11.6 Å². The Morgan fingerprint density at radius 3 is 2.57 bits per heavy atom. The number of likely N-dealkylation sites (N-methyl/N-ethyl adjacent to an activating group) is 1. The minimum atomic E-state index is -0.631. The predicted octanol–water partition coefficient (Wildman–Crippen LogP) is 2.50. The van der Waals surface area contributed by atoms with Crippen molar-refractivity contribution in [1.29, 1.82) is 0 Å². The van der Waals surface area contributed by atoms with Gasteiger partial charge in [0.2, 0.25) is 5.91 Å². The number of hydrogen-bond acceptors (Lipinski definition) is 3. The highest BCUT2D eigenvalue weighted by Crippen LogP contribution is 2.32. The summed E-state index contributed by atoms with van der Waals surface area (Å²) in [5, 5.41) is 13.5. The number of nitrogens with one attached hydrogen (secondary N) is 1. The van der Waals surface area contributed by atoms with Gasteiger partial charge in [0.1, 0.15) is 0 Å². The second-order valence-corrected chi connectivity index (χ2v) is 6.49. The zero-order valence-electron chi connectivity index (χ0n) is 13.0. The molecule has 0 bridgehead atoms. The molecule has 1 amide bonds. The summed E-state index contributed by atoms with van der Waals surface area (Å²) in [4.78, 5) is 13.9. The molecule has 1 saturated carbocycles.